The van der Waals surface area contributed by atoms with Gasteiger partial charge in [0, 0.05) is 5.41 Å². The Hall–Kier alpha value is -0.820. The van der Waals surface area contributed by atoms with Crippen molar-refractivity contribution in [3.63, 3.8) is 0 Å². The van der Waals surface area contributed by atoms with Gasteiger partial charge in [-0.3, -0.25) is 0 Å². The van der Waals surface area contributed by atoms with Gasteiger partial charge in [-0.25, -0.2) is 0 Å². The average Bonchev–Trinajstić information content (AvgIpc) is 2.92. The third-order valence-corrected chi connectivity index (χ3v) is 3.97. The van der Waals surface area contributed by atoms with E-state index in [1.54, 1.807) is 0 Å². The highest BCUT2D eigenvalue weighted by atomic mass is 16.3. The molecule has 0 bridgehead atoms. The SMILES string of the molecule is Cc1cc(C)c(C2(C(C)O)CC2)cc1C. The molecule has 0 radical (unpaired) electrons. The van der Waals surface area contributed by atoms with Gasteiger partial charge in [-0.2, -0.15) is 0 Å². The van der Waals surface area contributed by atoms with E-state index in [1.165, 1.54) is 22.3 Å². The van der Waals surface area contributed by atoms with Crippen LogP contribution < -0.4 is 0 Å². The highest BCUT2D eigenvalue weighted by Crippen LogP contribution is 2.52. The van der Waals surface area contributed by atoms with Gasteiger partial charge in [0.15, 0.2) is 0 Å². The molecule has 0 amide bonds. The van der Waals surface area contributed by atoms with Crippen molar-refractivity contribution in [2.75, 3.05) is 0 Å². The van der Waals surface area contributed by atoms with Crippen LogP contribution in [0.5, 0.6) is 0 Å². The summed E-state index contributed by atoms with van der Waals surface area (Å²) in [5.41, 5.74) is 5.44. The van der Waals surface area contributed by atoms with Crippen LogP contribution in [0.3, 0.4) is 0 Å². The fourth-order valence-electron chi connectivity index (χ4n) is 2.54. The molecule has 1 atom stereocenters. The lowest BCUT2D eigenvalue weighted by Crippen LogP contribution is -2.23. The maximum absolute atomic E-state index is 9.88. The van der Waals surface area contributed by atoms with Crippen LogP contribution in [0, 0.1) is 20.8 Å². The Morgan fingerprint density at radius 3 is 2.07 bits per heavy atom. The summed E-state index contributed by atoms with van der Waals surface area (Å²) in [5, 5.41) is 9.88. The fourth-order valence-corrected chi connectivity index (χ4v) is 2.54. The van der Waals surface area contributed by atoms with Gasteiger partial charge < -0.3 is 5.11 Å². The van der Waals surface area contributed by atoms with Crippen molar-refractivity contribution >= 4 is 0 Å². The van der Waals surface area contributed by atoms with E-state index in [2.05, 4.69) is 32.9 Å². The lowest BCUT2D eigenvalue weighted by molar-refractivity contribution is 0.150. The second kappa shape index (κ2) is 3.34. The van der Waals surface area contributed by atoms with Gasteiger partial charge in [-0.15, -0.1) is 0 Å². The van der Waals surface area contributed by atoms with Crippen LogP contribution >= 0.6 is 0 Å². The summed E-state index contributed by atoms with van der Waals surface area (Å²) in [6, 6.07) is 4.51. The van der Waals surface area contributed by atoms with Crippen LogP contribution in [0.2, 0.25) is 0 Å². The van der Waals surface area contributed by atoms with E-state index in [0.717, 1.165) is 12.8 Å². The van der Waals surface area contributed by atoms with E-state index in [-0.39, 0.29) is 11.5 Å². The maximum Gasteiger partial charge on any atom is 0.0608 e. The summed E-state index contributed by atoms with van der Waals surface area (Å²) in [6.07, 6.45) is 2.04. The molecule has 0 spiro atoms. The lowest BCUT2D eigenvalue weighted by atomic mass is 9.85. The molecule has 1 aliphatic carbocycles. The topological polar surface area (TPSA) is 20.2 Å². The lowest BCUT2D eigenvalue weighted by Gasteiger charge is -2.22. The molecule has 2 rings (SSSR count). The van der Waals surface area contributed by atoms with Crippen molar-refractivity contribution < 1.29 is 5.11 Å². The zero-order valence-electron chi connectivity index (χ0n) is 10.1. The van der Waals surface area contributed by atoms with Crippen LogP contribution in [-0.2, 0) is 5.41 Å². The van der Waals surface area contributed by atoms with Crippen molar-refractivity contribution in [1.29, 1.82) is 0 Å². The molecule has 1 aliphatic rings. The van der Waals surface area contributed by atoms with Gasteiger partial charge in [0.1, 0.15) is 0 Å². The first-order chi connectivity index (χ1) is 6.97. The van der Waals surface area contributed by atoms with E-state index >= 15 is 0 Å². The summed E-state index contributed by atoms with van der Waals surface area (Å²) in [4.78, 5) is 0. The Kier molecular flexibility index (Phi) is 2.38. The molecule has 1 aromatic rings. The molecule has 0 aromatic heterocycles. The zero-order chi connectivity index (χ0) is 11.2. The quantitative estimate of drug-likeness (QED) is 0.785. The molecule has 1 heteroatoms. The van der Waals surface area contributed by atoms with Crippen molar-refractivity contribution in [3.8, 4) is 0 Å². The first kappa shape index (κ1) is 10.7. The summed E-state index contributed by atoms with van der Waals surface area (Å²) < 4.78 is 0. The van der Waals surface area contributed by atoms with Crippen molar-refractivity contribution in [2.45, 2.75) is 52.1 Å². The molecule has 1 aromatic carbocycles. The second-order valence-electron chi connectivity index (χ2n) is 5.08. The summed E-state index contributed by atoms with van der Waals surface area (Å²) in [7, 11) is 0. The number of aliphatic hydroxyl groups is 1. The first-order valence-corrected chi connectivity index (χ1v) is 5.74. The van der Waals surface area contributed by atoms with Crippen LogP contribution in [0.15, 0.2) is 12.1 Å². The third kappa shape index (κ3) is 1.59. The standard InChI is InChI=1S/C14H20O/c1-9-7-11(3)13(8-10(9)2)14(5-6-14)12(4)15/h7-8,12,15H,5-6H2,1-4H3. The number of rotatable bonds is 2. The average molecular weight is 204 g/mol. The third-order valence-electron chi connectivity index (χ3n) is 3.97. The summed E-state index contributed by atoms with van der Waals surface area (Å²) >= 11 is 0. The van der Waals surface area contributed by atoms with Crippen molar-refractivity contribution in [1.82, 2.24) is 0 Å². The van der Waals surface area contributed by atoms with Gasteiger partial charge in [0.2, 0.25) is 0 Å². The molecule has 1 fully saturated rings. The predicted octanol–water partition coefficient (Wildman–Crippen LogP) is 3.02. The van der Waals surface area contributed by atoms with Crippen molar-refractivity contribution in [2.24, 2.45) is 0 Å². The molecule has 0 saturated heterocycles. The first-order valence-electron chi connectivity index (χ1n) is 5.74. The number of aliphatic hydroxyl groups excluding tert-OH is 1. The molecule has 1 N–H and O–H groups in total. The predicted molar refractivity (Wildman–Crippen MR) is 63.2 cm³/mol. The normalized spacial score (nSPS) is 20.1. The highest BCUT2D eigenvalue weighted by molar-refractivity contribution is 5.44. The van der Waals surface area contributed by atoms with Crippen molar-refractivity contribution in [3.05, 3.63) is 34.4 Å². The molecular weight excluding hydrogens is 184 g/mol. The number of hydrogen-bond donors (Lipinski definition) is 1. The van der Waals surface area contributed by atoms with Crippen LogP contribution in [0.4, 0.5) is 0 Å². The Morgan fingerprint density at radius 1 is 1.07 bits per heavy atom. The molecular formula is C14H20O. The van der Waals surface area contributed by atoms with Crippen LogP contribution in [0.25, 0.3) is 0 Å². The molecule has 1 nitrogen and oxygen atoms in total. The van der Waals surface area contributed by atoms with Gasteiger partial charge in [-0.1, -0.05) is 12.1 Å². The minimum atomic E-state index is -0.224. The van der Waals surface area contributed by atoms with Gasteiger partial charge >= 0.3 is 0 Å². The zero-order valence-corrected chi connectivity index (χ0v) is 10.1. The Labute approximate surface area is 92.1 Å². The van der Waals surface area contributed by atoms with E-state index in [9.17, 15) is 5.11 Å². The van der Waals surface area contributed by atoms with E-state index < -0.39 is 0 Å². The maximum atomic E-state index is 9.88. The smallest absolute Gasteiger partial charge is 0.0608 e. The molecule has 82 valence electrons. The number of hydrogen-bond acceptors (Lipinski definition) is 1. The Balaban J connectivity index is 2.49. The summed E-state index contributed by atoms with van der Waals surface area (Å²) in [5.74, 6) is 0. The van der Waals surface area contributed by atoms with Gasteiger partial charge in [0.05, 0.1) is 6.10 Å². The van der Waals surface area contributed by atoms with E-state index in [0.29, 0.717) is 0 Å². The monoisotopic (exact) mass is 204 g/mol. The fraction of sp³-hybridized carbons (Fsp3) is 0.571. The Morgan fingerprint density at radius 2 is 1.60 bits per heavy atom. The van der Waals surface area contributed by atoms with E-state index in [1.807, 2.05) is 6.92 Å². The Bertz CT molecular complexity index is 387. The van der Waals surface area contributed by atoms with Crippen LogP contribution in [0.1, 0.15) is 42.0 Å². The molecule has 0 heterocycles. The second-order valence-corrected chi connectivity index (χ2v) is 5.08. The highest BCUT2D eigenvalue weighted by Gasteiger charge is 2.49. The molecule has 15 heavy (non-hydrogen) atoms. The van der Waals surface area contributed by atoms with Crippen LogP contribution in [-0.4, -0.2) is 11.2 Å². The van der Waals surface area contributed by atoms with Gasteiger partial charge in [0.25, 0.3) is 0 Å². The summed E-state index contributed by atoms with van der Waals surface area (Å²) in [6.45, 7) is 8.37. The van der Waals surface area contributed by atoms with Gasteiger partial charge in [-0.05, 0) is 62.8 Å². The largest absolute Gasteiger partial charge is 0.392 e. The molecule has 1 unspecified atom stereocenters. The number of aryl methyl sites for hydroxylation is 3. The number of benzene rings is 1. The molecule has 0 aliphatic heterocycles. The van der Waals surface area contributed by atoms with E-state index in [4.69, 9.17) is 0 Å². The molecule has 1 saturated carbocycles. The minimum Gasteiger partial charge on any atom is -0.392 e. The minimum absolute atomic E-state index is 0.0720.